The van der Waals surface area contributed by atoms with Crippen LogP contribution in [0, 0.1) is 17.5 Å². The first-order chi connectivity index (χ1) is 17.7. The molecule has 10 nitrogen and oxygen atoms in total. The minimum absolute atomic E-state index is 0.0848. The van der Waals surface area contributed by atoms with E-state index in [2.05, 4.69) is 20.5 Å². The van der Waals surface area contributed by atoms with Crippen LogP contribution in [0.25, 0.3) is 11.4 Å². The molecule has 13 heteroatoms. The molecule has 37 heavy (non-hydrogen) atoms. The molecule has 0 spiro atoms. The van der Waals surface area contributed by atoms with Crippen LogP contribution >= 0.6 is 0 Å². The molecule has 1 saturated heterocycles. The Morgan fingerprint density at radius 2 is 1.81 bits per heavy atom. The highest BCUT2D eigenvalue weighted by atomic mass is 19.1. The molecule has 2 aliphatic heterocycles. The summed E-state index contributed by atoms with van der Waals surface area (Å²) in [4.78, 5) is 30.7. The van der Waals surface area contributed by atoms with Crippen LogP contribution in [0.1, 0.15) is 28.4 Å². The van der Waals surface area contributed by atoms with E-state index in [-0.39, 0.29) is 30.3 Å². The molecule has 2 aromatic heterocycles. The maximum Gasteiger partial charge on any atom is 0.341 e. The standard InChI is InChI=1S/C24H22F3N7O3/c1-28-23(35)17-9-31-32(2)22(17)19-8-21(18(27)10-29-19)37-16-11-33(12-16)24(36)34-20(3-4-30-34)13-5-14(25)7-15(26)6-13/h4-10,16,20H,3,11-12H2,1-2H3,(H,28,35). The van der Waals surface area contributed by atoms with Crippen molar-refractivity contribution in [2.75, 3.05) is 20.1 Å². The highest BCUT2D eigenvalue weighted by molar-refractivity contribution is 5.99. The van der Waals surface area contributed by atoms with E-state index in [0.717, 1.165) is 12.3 Å². The molecule has 0 saturated carbocycles. The molecule has 4 heterocycles. The van der Waals surface area contributed by atoms with Gasteiger partial charge in [-0.2, -0.15) is 10.2 Å². The first-order valence-corrected chi connectivity index (χ1v) is 11.4. The number of halogens is 3. The number of nitrogens with one attached hydrogen (secondary N) is 1. The number of carbonyl (C=O) groups is 2. The molecule has 1 N–H and O–H groups in total. The van der Waals surface area contributed by atoms with Crippen molar-refractivity contribution < 1.29 is 27.5 Å². The molecule has 2 aliphatic rings. The summed E-state index contributed by atoms with van der Waals surface area (Å²) in [6.07, 6.45) is 3.71. The maximum absolute atomic E-state index is 14.5. The van der Waals surface area contributed by atoms with E-state index in [4.69, 9.17) is 4.74 Å². The molecule has 0 bridgehead atoms. The monoisotopic (exact) mass is 513 g/mol. The van der Waals surface area contributed by atoms with Crippen molar-refractivity contribution in [2.24, 2.45) is 12.1 Å². The van der Waals surface area contributed by atoms with Gasteiger partial charge in [0.15, 0.2) is 11.6 Å². The predicted octanol–water partition coefficient (Wildman–Crippen LogP) is 2.87. The maximum atomic E-state index is 14.5. The Morgan fingerprint density at radius 3 is 2.51 bits per heavy atom. The first-order valence-electron chi connectivity index (χ1n) is 11.4. The third-order valence-corrected chi connectivity index (χ3v) is 6.18. The van der Waals surface area contributed by atoms with Gasteiger partial charge in [0, 0.05) is 38.9 Å². The van der Waals surface area contributed by atoms with E-state index in [1.165, 1.54) is 52.2 Å². The SMILES string of the molecule is CNC(=O)c1cnn(C)c1-c1cc(OC2CN(C(=O)N3N=CCC3c3cc(F)cc(F)c3)C2)c(F)cn1. The predicted molar refractivity (Wildman–Crippen MR) is 125 cm³/mol. The van der Waals surface area contributed by atoms with Crippen LogP contribution in [0.15, 0.2) is 41.8 Å². The van der Waals surface area contributed by atoms with Crippen molar-refractivity contribution in [2.45, 2.75) is 18.6 Å². The zero-order chi connectivity index (χ0) is 26.3. The molecule has 1 aromatic carbocycles. The van der Waals surface area contributed by atoms with Crippen LogP contribution in [-0.4, -0.2) is 69.1 Å². The van der Waals surface area contributed by atoms with Crippen LogP contribution in [-0.2, 0) is 7.05 Å². The summed E-state index contributed by atoms with van der Waals surface area (Å²) in [6, 6.07) is 3.40. The van der Waals surface area contributed by atoms with Crippen molar-refractivity contribution in [3.05, 3.63) is 65.2 Å². The Hall–Kier alpha value is -4.42. The van der Waals surface area contributed by atoms with Gasteiger partial charge in [0.25, 0.3) is 5.91 Å². The number of aryl methyl sites for hydroxylation is 1. The zero-order valence-corrected chi connectivity index (χ0v) is 19.9. The fourth-order valence-corrected chi connectivity index (χ4v) is 4.32. The molecule has 192 valence electrons. The number of likely N-dealkylation sites (tertiary alicyclic amines) is 1. The quantitative estimate of drug-likeness (QED) is 0.565. The summed E-state index contributed by atoms with van der Waals surface area (Å²) in [5.41, 5.74) is 1.25. The fraction of sp³-hybridized carbons (Fsp3) is 0.292. The Kier molecular flexibility index (Phi) is 6.27. The average molecular weight is 513 g/mol. The minimum atomic E-state index is -0.737. The number of hydrogen-bond acceptors (Lipinski definition) is 6. The normalized spacial score (nSPS) is 17.2. The smallest absolute Gasteiger partial charge is 0.341 e. The molecule has 1 fully saturated rings. The van der Waals surface area contributed by atoms with Crippen LogP contribution in [0.5, 0.6) is 5.75 Å². The largest absolute Gasteiger partial charge is 0.483 e. The molecule has 0 radical (unpaired) electrons. The molecule has 3 aromatic rings. The number of hydrazone groups is 1. The van der Waals surface area contributed by atoms with Gasteiger partial charge in [0.1, 0.15) is 17.7 Å². The topological polar surface area (TPSA) is 105 Å². The van der Waals surface area contributed by atoms with E-state index in [1.54, 1.807) is 7.05 Å². The second kappa shape index (κ2) is 9.56. The third-order valence-electron chi connectivity index (χ3n) is 6.18. The van der Waals surface area contributed by atoms with Crippen LogP contribution in [0.4, 0.5) is 18.0 Å². The van der Waals surface area contributed by atoms with Crippen molar-refractivity contribution in [1.29, 1.82) is 0 Å². The number of benzene rings is 1. The molecule has 1 unspecified atom stereocenters. The summed E-state index contributed by atoms with van der Waals surface area (Å²) in [5.74, 6) is -2.63. The Morgan fingerprint density at radius 1 is 1.08 bits per heavy atom. The molecule has 3 amide bonds. The van der Waals surface area contributed by atoms with Crippen molar-refractivity contribution >= 4 is 18.2 Å². The number of urea groups is 1. The van der Waals surface area contributed by atoms with Gasteiger partial charge >= 0.3 is 6.03 Å². The minimum Gasteiger partial charge on any atom is -0.483 e. The molecular formula is C24H22F3N7O3. The van der Waals surface area contributed by atoms with Gasteiger partial charge in [-0.15, -0.1) is 0 Å². The number of nitrogens with zero attached hydrogens (tertiary/aromatic N) is 6. The molecule has 0 aliphatic carbocycles. The van der Waals surface area contributed by atoms with E-state index in [1.807, 2.05) is 0 Å². The number of carbonyl (C=O) groups excluding carboxylic acids is 2. The number of amides is 3. The van der Waals surface area contributed by atoms with Gasteiger partial charge in [0.05, 0.1) is 48.5 Å². The molecule has 5 rings (SSSR count). The summed E-state index contributed by atoms with van der Waals surface area (Å²) >= 11 is 0. The van der Waals surface area contributed by atoms with Gasteiger partial charge in [-0.3, -0.25) is 14.5 Å². The molecule has 1 atom stereocenters. The lowest BCUT2D eigenvalue weighted by molar-refractivity contribution is 0.0256. The zero-order valence-electron chi connectivity index (χ0n) is 19.9. The third kappa shape index (κ3) is 4.59. The van der Waals surface area contributed by atoms with E-state index in [9.17, 15) is 22.8 Å². The fourth-order valence-electron chi connectivity index (χ4n) is 4.32. The lowest BCUT2D eigenvalue weighted by Crippen LogP contribution is -2.58. The average Bonchev–Trinajstić information content (AvgIpc) is 3.48. The summed E-state index contributed by atoms with van der Waals surface area (Å²) in [7, 11) is 3.12. The number of rotatable bonds is 5. The second-order valence-electron chi connectivity index (χ2n) is 8.63. The first kappa shape index (κ1) is 24.3. The number of pyridine rings is 1. The van der Waals surface area contributed by atoms with Crippen molar-refractivity contribution in [3.8, 4) is 17.1 Å². The number of ether oxygens (including phenoxy) is 1. The number of hydrogen-bond donors (Lipinski definition) is 1. The van der Waals surface area contributed by atoms with Crippen molar-refractivity contribution in [1.82, 2.24) is 30.0 Å². The Labute approximate surface area is 209 Å². The summed E-state index contributed by atoms with van der Waals surface area (Å²) in [6.45, 7) is 0.308. The second-order valence-corrected chi connectivity index (χ2v) is 8.63. The van der Waals surface area contributed by atoms with Crippen LogP contribution < -0.4 is 10.1 Å². The van der Waals surface area contributed by atoms with Gasteiger partial charge in [-0.05, 0) is 17.7 Å². The van der Waals surface area contributed by atoms with Crippen LogP contribution in [0.3, 0.4) is 0 Å². The Bertz CT molecular complexity index is 1380. The summed E-state index contributed by atoms with van der Waals surface area (Å²) in [5, 5.41) is 11.9. The van der Waals surface area contributed by atoms with E-state index in [0.29, 0.717) is 23.4 Å². The van der Waals surface area contributed by atoms with Crippen LogP contribution in [0.2, 0.25) is 0 Å². The van der Waals surface area contributed by atoms with Gasteiger partial charge in [0.2, 0.25) is 0 Å². The van der Waals surface area contributed by atoms with Gasteiger partial charge in [-0.25, -0.2) is 23.0 Å². The van der Waals surface area contributed by atoms with Gasteiger partial charge < -0.3 is 15.0 Å². The Balaban J connectivity index is 1.27. The van der Waals surface area contributed by atoms with E-state index < -0.39 is 35.6 Å². The van der Waals surface area contributed by atoms with E-state index >= 15 is 0 Å². The highest BCUT2D eigenvalue weighted by Gasteiger charge is 2.39. The lowest BCUT2D eigenvalue weighted by Gasteiger charge is -2.41. The molecular weight excluding hydrogens is 491 g/mol. The summed E-state index contributed by atoms with van der Waals surface area (Å²) < 4.78 is 49.1. The van der Waals surface area contributed by atoms with Gasteiger partial charge in [-0.1, -0.05) is 0 Å². The number of aromatic nitrogens is 3. The lowest BCUT2D eigenvalue weighted by atomic mass is 10.0. The van der Waals surface area contributed by atoms with Crippen molar-refractivity contribution in [3.63, 3.8) is 0 Å². The highest BCUT2D eigenvalue weighted by Crippen LogP contribution is 2.32.